The summed E-state index contributed by atoms with van der Waals surface area (Å²) in [6, 6.07) is 11.9. The van der Waals surface area contributed by atoms with Crippen LogP contribution in [0.5, 0.6) is 5.75 Å². The zero-order chi connectivity index (χ0) is 18.4. The summed E-state index contributed by atoms with van der Waals surface area (Å²) < 4.78 is 6.78. The first-order chi connectivity index (χ1) is 11.9. The minimum atomic E-state index is -0.293. The van der Waals surface area contributed by atoms with Gasteiger partial charge in [-0.15, -0.1) is 0 Å². The number of carbonyl (C=O) groups excluding carboxylic acids is 1. The van der Waals surface area contributed by atoms with E-state index in [2.05, 4.69) is 33.1 Å². The van der Waals surface area contributed by atoms with Crippen molar-refractivity contribution in [3.8, 4) is 5.75 Å². The molecule has 0 aromatic heterocycles. The van der Waals surface area contributed by atoms with Crippen LogP contribution in [0.15, 0.2) is 41.5 Å². The minimum Gasteiger partial charge on any atom is -0.483 e. The van der Waals surface area contributed by atoms with Crippen LogP contribution in [-0.2, 0) is 4.79 Å². The van der Waals surface area contributed by atoms with Gasteiger partial charge in [0.05, 0.1) is 6.21 Å². The number of amides is 1. The van der Waals surface area contributed by atoms with Gasteiger partial charge in [-0.25, -0.2) is 5.43 Å². The Balaban J connectivity index is 1.86. The lowest BCUT2D eigenvalue weighted by Crippen LogP contribution is -2.25. The molecule has 1 amide bonds. The maximum atomic E-state index is 11.9. The number of hydrogen-bond donors (Lipinski definition) is 1. The van der Waals surface area contributed by atoms with Crippen LogP contribution in [0.3, 0.4) is 0 Å². The van der Waals surface area contributed by atoms with E-state index in [0.717, 1.165) is 31.7 Å². The van der Waals surface area contributed by atoms with E-state index in [-0.39, 0.29) is 12.5 Å². The molecule has 5 nitrogen and oxygen atoms in total. The molecule has 0 atom stereocenters. The molecule has 2 aromatic carbocycles. The number of aryl methyl sites for hydroxylation is 2. The minimum absolute atomic E-state index is 0.0703. The first-order valence-corrected chi connectivity index (χ1v) is 8.93. The normalized spacial score (nSPS) is 10.8. The fourth-order valence-electron chi connectivity index (χ4n) is 2.33. The first-order valence-electron chi connectivity index (χ1n) is 7.85. The maximum absolute atomic E-state index is 11.9. The second-order valence-corrected chi connectivity index (χ2v) is 7.18. The Hall–Kier alpha value is -2.09. The Bertz CT molecular complexity index is 748. The van der Waals surface area contributed by atoms with E-state index in [1.54, 1.807) is 6.21 Å². The third-order valence-corrected chi connectivity index (χ3v) is 4.21. The van der Waals surface area contributed by atoms with E-state index in [0.29, 0.717) is 0 Å². The van der Waals surface area contributed by atoms with E-state index in [4.69, 9.17) is 4.74 Å². The number of nitrogens with zero attached hydrogens (tertiary/aromatic N) is 2. The lowest BCUT2D eigenvalue weighted by Gasteiger charge is -2.12. The van der Waals surface area contributed by atoms with Gasteiger partial charge in [-0.3, -0.25) is 4.79 Å². The fraction of sp³-hybridized carbons (Fsp3) is 0.263. The maximum Gasteiger partial charge on any atom is 0.277 e. The predicted octanol–water partition coefficient (Wildman–Crippen LogP) is 3.50. The number of rotatable bonds is 6. The van der Waals surface area contributed by atoms with Crippen LogP contribution >= 0.6 is 22.6 Å². The number of hydrazone groups is 1. The molecule has 0 aliphatic carbocycles. The highest BCUT2D eigenvalue weighted by molar-refractivity contribution is 14.1. The molecule has 0 heterocycles. The standard InChI is InChI=1S/C19H22IN3O2/c1-13-9-16(20)10-14(2)19(13)25-12-18(24)22-21-11-15-5-7-17(8-6-15)23(3)4/h5-11H,12H2,1-4H3,(H,22,24)/b21-11+. The van der Waals surface area contributed by atoms with Crippen molar-refractivity contribution in [2.75, 3.05) is 25.6 Å². The number of ether oxygens (including phenoxy) is 1. The molecule has 0 aliphatic rings. The van der Waals surface area contributed by atoms with Gasteiger partial charge in [0.1, 0.15) is 5.75 Å². The van der Waals surface area contributed by atoms with Gasteiger partial charge in [-0.2, -0.15) is 5.10 Å². The summed E-state index contributed by atoms with van der Waals surface area (Å²) in [5.41, 5.74) is 6.54. The Morgan fingerprint density at radius 1 is 1.20 bits per heavy atom. The summed E-state index contributed by atoms with van der Waals surface area (Å²) in [7, 11) is 3.97. The van der Waals surface area contributed by atoms with Crippen LogP contribution in [0.25, 0.3) is 0 Å². The number of nitrogens with one attached hydrogen (secondary N) is 1. The van der Waals surface area contributed by atoms with Crippen molar-refractivity contribution in [1.82, 2.24) is 5.43 Å². The van der Waals surface area contributed by atoms with Gasteiger partial charge in [0.25, 0.3) is 5.91 Å². The zero-order valence-corrected chi connectivity index (χ0v) is 17.0. The summed E-state index contributed by atoms with van der Waals surface area (Å²) >= 11 is 2.26. The molecule has 25 heavy (non-hydrogen) atoms. The van der Waals surface area contributed by atoms with E-state index in [1.807, 2.05) is 69.2 Å². The second kappa shape index (κ2) is 8.84. The number of benzene rings is 2. The van der Waals surface area contributed by atoms with Crippen LogP contribution in [0.2, 0.25) is 0 Å². The smallest absolute Gasteiger partial charge is 0.277 e. The van der Waals surface area contributed by atoms with E-state index >= 15 is 0 Å². The van der Waals surface area contributed by atoms with E-state index in [9.17, 15) is 4.79 Å². The van der Waals surface area contributed by atoms with Gasteiger partial charge in [-0.05, 0) is 77.4 Å². The highest BCUT2D eigenvalue weighted by Crippen LogP contribution is 2.25. The van der Waals surface area contributed by atoms with Gasteiger partial charge in [0.2, 0.25) is 0 Å². The van der Waals surface area contributed by atoms with E-state index in [1.165, 1.54) is 0 Å². The van der Waals surface area contributed by atoms with Crippen molar-refractivity contribution in [3.05, 3.63) is 56.7 Å². The molecule has 0 radical (unpaired) electrons. The Morgan fingerprint density at radius 2 is 1.80 bits per heavy atom. The van der Waals surface area contributed by atoms with Gasteiger partial charge in [0.15, 0.2) is 6.61 Å². The van der Waals surface area contributed by atoms with Crippen LogP contribution in [0, 0.1) is 17.4 Å². The highest BCUT2D eigenvalue weighted by Gasteiger charge is 2.08. The second-order valence-electron chi connectivity index (χ2n) is 5.94. The van der Waals surface area contributed by atoms with Gasteiger partial charge in [0, 0.05) is 23.4 Å². The van der Waals surface area contributed by atoms with E-state index < -0.39 is 0 Å². The molecule has 1 N–H and O–H groups in total. The predicted molar refractivity (Wildman–Crippen MR) is 111 cm³/mol. The van der Waals surface area contributed by atoms with Crippen molar-refractivity contribution in [2.24, 2.45) is 5.10 Å². The average molecular weight is 451 g/mol. The highest BCUT2D eigenvalue weighted by atomic mass is 127. The van der Waals surface area contributed by atoms with Gasteiger partial charge in [-0.1, -0.05) is 12.1 Å². The van der Waals surface area contributed by atoms with Gasteiger partial charge < -0.3 is 9.64 Å². The Morgan fingerprint density at radius 3 is 2.36 bits per heavy atom. The quantitative estimate of drug-likeness (QED) is 0.416. The fourth-order valence-corrected chi connectivity index (χ4v) is 3.27. The summed E-state index contributed by atoms with van der Waals surface area (Å²) in [6.07, 6.45) is 1.61. The molecular formula is C19H22IN3O2. The zero-order valence-electron chi connectivity index (χ0n) is 14.8. The summed E-state index contributed by atoms with van der Waals surface area (Å²) in [5.74, 6) is 0.456. The SMILES string of the molecule is Cc1cc(I)cc(C)c1OCC(=O)N/N=C/c1ccc(N(C)C)cc1. The third-order valence-electron chi connectivity index (χ3n) is 3.59. The van der Waals surface area contributed by atoms with Crippen molar-refractivity contribution in [1.29, 1.82) is 0 Å². The molecule has 0 saturated heterocycles. The lowest BCUT2D eigenvalue weighted by atomic mass is 10.1. The number of halogens is 1. The first kappa shape index (κ1) is 19.2. The number of carbonyl (C=O) groups is 1. The molecule has 0 unspecified atom stereocenters. The Kier molecular flexibility index (Phi) is 6.81. The third kappa shape index (κ3) is 5.74. The van der Waals surface area contributed by atoms with Gasteiger partial charge >= 0.3 is 0 Å². The molecule has 132 valence electrons. The number of anilines is 1. The summed E-state index contributed by atoms with van der Waals surface area (Å²) in [6.45, 7) is 3.87. The summed E-state index contributed by atoms with van der Waals surface area (Å²) in [5, 5.41) is 3.97. The molecular weight excluding hydrogens is 429 g/mol. The molecule has 2 rings (SSSR count). The molecule has 2 aromatic rings. The van der Waals surface area contributed by atoms with Crippen LogP contribution in [0.4, 0.5) is 5.69 Å². The molecule has 0 bridgehead atoms. The monoisotopic (exact) mass is 451 g/mol. The number of hydrogen-bond acceptors (Lipinski definition) is 4. The molecule has 6 heteroatoms. The largest absolute Gasteiger partial charge is 0.483 e. The molecule has 0 spiro atoms. The topological polar surface area (TPSA) is 53.9 Å². The molecule has 0 saturated carbocycles. The molecule has 0 aliphatic heterocycles. The van der Waals surface area contributed by atoms with Crippen molar-refractivity contribution < 1.29 is 9.53 Å². The van der Waals surface area contributed by atoms with Crippen LogP contribution in [-0.4, -0.2) is 32.8 Å². The summed E-state index contributed by atoms with van der Waals surface area (Å²) in [4.78, 5) is 13.9. The van der Waals surface area contributed by atoms with Crippen molar-refractivity contribution in [2.45, 2.75) is 13.8 Å². The average Bonchev–Trinajstić information content (AvgIpc) is 2.54. The molecule has 0 fully saturated rings. The lowest BCUT2D eigenvalue weighted by molar-refractivity contribution is -0.123. The Labute approximate surface area is 162 Å². The van der Waals surface area contributed by atoms with Crippen molar-refractivity contribution >= 4 is 40.4 Å². The van der Waals surface area contributed by atoms with Crippen molar-refractivity contribution in [3.63, 3.8) is 0 Å². The van der Waals surface area contributed by atoms with Crippen LogP contribution < -0.4 is 15.1 Å². The van der Waals surface area contributed by atoms with Crippen LogP contribution in [0.1, 0.15) is 16.7 Å².